The van der Waals surface area contributed by atoms with E-state index in [4.69, 9.17) is 10.5 Å². The van der Waals surface area contributed by atoms with Gasteiger partial charge in [-0.05, 0) is 18.2 Å². The number of hydrogen-bond donors (Lipinski definition) is 3. The van der Waals surface area contributed by atoms with Gasteiger partial charge in [-0.2, -0.15) is 18.2 Å². The SMILES string of the molecule is Nc1nc(Sc2cccc(O)c2)c2ncn(CCOCP(=O)(O)OCC(F)(F)F)c2n1. The Labute approximate surface area is 177 Å². The number of benzene rings is 1. The van der Waals surface area contributed by atoms with Gasteiger partial charge in [-0.15, -0.1) is 0 Å². The summed E-state index contributed by atoms with van der Waals surface area (Å²) in [4.78, 5) is 22.6. The molecule has 0 saturated carbocycles. The molecule has 0 saturated heterocycles. The number of ether oxygens (including phenoxy) is 1. The van der Waals surface area contributed by atoms with Crippen molar-refractivity contribution in [2.75, 3.05) is 25.3 Å². The van der Waals surface area contributed by atoms with E-state index in [0.29, 0.717) is 21.1 Å². The maximum absolute atomic E-state index is 12.1. The zero-order valence-electron chi connectivity index (χ0n) is 15.7. The number of phenolic OH excluding ortho intramolecular Hbond substituents is 1. The molecule has 1 atom stereocenters. The number of aromatic nitrogens is 4. The van der Waals surface area contributed by atoms with Gasteiger partial charge in [0.25, 0.3) is 0 Å². The highest BCUT2D eigenvalue weighted by atomic mass is 32.2. The van der Waals surface area contributed by atoms with Crippen molar-refractivity contribution in [1.82, 2.24) is 19.5 Å². The molecule has 0 aliphatic carbocycles. The maximum atomic E-state index is 12.1. The number of anilines is 1. The normalized spacial score (nSPS) is 14.1. The molecular weight excluding hydrogens is 462 g/mol. The molecule has 2 aromatic heterocycles. The summed E-state index contributed by atoms with van der Waals surface area (Å²) in [5.74, 6) is 0.0737. The summed E-state index contributed by atoms with van der Waals surface area (Å²) in [5, 5.41) is 10.1. The molecule has 0 fully saturated rings. The number of nitrogens with zero attached hydrogens (tertiary/aromatic N) is 4. The van der Waals surface area contributed by atoms with Crippen LogP contribution in [0.5, 0.6) is 5.75 Å². The molecule has 4 N–H and O–H groups in total. The number of aromatic hydroxyl groups is 1. The van der Waals surface area contributed by atoms with Gasteiger partial charge in [0.2, 0.25) is 5.95 Å². The average molecular weight is 479 g/mol. The van der Waals surface area contributed by atoms with E-state index in [1.54, 1.807) is 22.8 Å². The lowest BCUT2D eigenvalue weighted by Gasteiger charge is -2.14. The molecule has 0 bridgehead atoms. The molecule has 0 aliphatic rings. The Morgan fingerprint density at radius 2 is 2.06 bits per heavy atom. The second-order valence-corrected chi connectivity index (χ2v) is 9.01. The van der Waals surface area contributed by atoms with Crippen molar-refractivity contribution in [2.24, 2.45) is 0 Å². The molecule has 15 heteroatoms. The first kappa shape index (κ1) is 23.3. The number of hydrogen-bond acceptors (Lipinski definition) is 9. The Hall–Kier alpha value is -2.38. The molecule has 1 aromatic carbocycles. The molecule has 10 nitrogen and oxygen atoms in total. The minimum absolute atomic E-state index is 0.0155. The summed E-state index contributed by atoms with van der Waals surface area (Å²) in [6, 6.07) is 6.52. The number of imidazole rings is 1. The zero-order valence-corrected chi connectivity index (χ0v) is 17.4. The van der Waals surface area contributed by atoms with Crippen molar-refractivity contribution < 1.29 is 37.0 Å². The van der Waals surface area contributed by atoms with E-state index in [0.717, 1.165) is 0 Å². The van der Waals surface area contributed by atoms with Crippen LogP contribution < -0.4 is 5.73 Å². The van der Waals surface area contributed by atoms with Crippen LogP contribution in [0.3, 0.4) is 0 Å². The van der Waals surface area contributed by atoms with Crippen LogP contribution in [0.2, 0.25) is 0 Å². The van der Waals surface area contributed by atoms with Gasteiger partial charge in [-0.1, -0.05) is 17.8 Å². The van der Waals surface area contributed by atoms with Crippen LogP contribution >= 0.6 is 19.4 Å². The van der Waals surface area contributed by atoms with Crippen molar-refractivity contribution in [3.05, 3.63) is 30.6 Å². The Morgan fingerprint density at radius 1 is 1.29 bits per heavy atom. The quantitative estimate of drug-likeness (QED) is 0.238. The fraction of sp³-hybridized carbons (Fsp3) is 0.312. The van der Waals surface area contributed by atoms with Crippen molar-refractivity contribution >= 4 is 36.5 Å². The standard InChI is InChI=1S/C16H17F3N5O5PS/c17-16(18,19)7-29-30(26,27)9-28-5-4-24-8-21-12-13(24)22-15(20)23-14(12)31-11-3-1-2-10(25)6-11/h1-3,6,8,25H,4-5,7,9H2,(H,26,27)(H2,20,22,23). The van der Waals surface area contributed by atoms with Crippen LogP contribution in [0, 0.1) is 0 Å². The van der Waals surface area contributed by atoms with Crippen LogP contribution in [0.25, 0.3) is 11.2 Å². The number of rotatable bonds is 9. The third-order valence-corrected chi connectivity index (χ3v) is 5.65. The largest absolute Gasteiger partial charge is 0.508 e. The molecule has 2 heterocycles. The topological polar surface area (TPSA) is 146 Å². The van der Waals surface area contributed by atoms with E-state index in [1.165, 1.54) is 24.2 Å². The molecule has 31 heavy (non-hydrogen) atoms. The van der Waals surface area contributed by atoms with Gasteiger partial charge in [-0.3, -0.25) is 9.09 Å². The summed E-state index contributed by atoms with van der Waals surface area (Å²) in [5.41, 5.74) is 6.59. The minimum atomic E-state index is -4.72. The smallest absolute Gasteiger partial charge is 0.412 e. The maximum Gasteiger partial charge on any atom is 0.412 e. The van der Waals surface area contributed by atoms with Crippen molar-refractivity contribution in [3.63, 3.8) is 0 Å². The lowest BCUT2D eigenvalue weighted by molar-refractivity contribution is -0.155. The Balaban J connectivity index is 1.64. The van der Waals surface area contributed by atoms with Crippen molar-refractivity contribution in [1.29, 1.82) is 0 Å². The number of fused-ring (bicyclic) bond motifs is 1. The highest BCUT2D eigenvalue weighted by molar-refractivity contribution is 7.99. The number of alkyl halides is 3. The van der Waals surface area contributed by atoms with Gasteiger partial charge in [-0.25, -0.2) is 9.97 Å². The molecule has 168 valence electrons. The number of halogens is 3. The van der Waals surface area contributed by atoms with Gasteiger partial charge in [0.15, 0.2) is 12.3 Å². The fourth-order valence-electron chi connectivity index (χ4n) is 2.38. The molecule has 1 unspecified atom stereocenters. The van der Waals surface area contributed by atoms with Gasteiger partial charge in [0, 0.05) is 11.4 Å². The lowest BCUT2D eigenvalue weighted by atomic mass is 10.3. The number of phenols is 1. The monoisotopic (exact) mass is 479 g/mol. The zero-order chi connectivity index (χ0) is 22.6. The van der Waals surface area contributed by atoms with Crippen LogP contribution in [-0.2, 0) is 20.4 Å². The van der Waals surface area contributed by atoms with Crippen LogP contribution in [0.4, 0.5) is 19.1 Å². The number of nitrogen functional groups attached to an aromatic ring is 1. The Kier molecular flexibility index (Phi) is 7.06. The first-order valence-electron chi connectivity index (χ1n) is 8.58. The second-order valence-electron chi connectivity index (χ2n) is 6.16. The Morgan fingerprint density at radius 3 is 2.77 bits per heavy atom. The molecule has 3 aromatic rings. The summed E-state index contributed by atoms with van der Waals surface area (Å²) < 4.78 is 58.3. The van der Waals surface area contributed by atoms with Crippen LogP contribution in [0.15, 0.2) is 40.5 Å². The van der Waals surface area contributed by atoms with Crippen molar-refractivity contribution in [3.8, 4) is 5.75 Å². The fourth-order valence-corrected chi connectivity index (χ4v) is 4.09. The third-order valence-electron chi connectivity index (χ3n) is 3.64. The molecule has 0 aliphatic heterocycles. The summed E-state index contributed by atoms with van der Waals surface area (Å²) in [7, 11) is -4.54. The van der Waals surface area contributed by atoms with E-state index in [1.807, 2.05) is 0 Å². The lowest BCUT2D eigenvalue weighted by Crippen LogP contribution is -2.17. The summed E-state index contributed by atoms with van der Waals surface area (Å²) in [6.07, 6.45) is -4.18. The summed E-state index contributed by atoms with van der Waals surface area (Å²) in [6.45, 7) is -1.83. The Bertz CT molecular complexity index is 1110. The van der Waals surface area contributed by atoms with Gasteiger partial charge >= 0.3 is 13.8 Å². The van der Waals surface area contributed by atoms with Crippen molar-refractivity contribution in [2.45, 2.75) is 22.6 Å². The van der Waals surface area contributed by atoms with Gasteiger partial charge < -0.3 is 25.0 Å². The highest BCUT2D eigenvalue weighted by Gasteiger charge is 2.32. The van der Waals surface area contributed by atoms with E-state index in [9.17, 15) is 27.7 Å². The molecular formula is C16H17F3N5O5PS. The van der Waals surface area contributed by atoms with E-state index < -0.39 is 26.7 Å². The average Bonchev–Trinajstić information content (AvgIpc) is 3.06. The summed E-state index contributed by atoms with van der Waals surface area (Å²) >= 11 is 1.22. The second kappa shape index (κ2) is 9.40. The first-order valence-corrected chi connectivity index (χ1v) is 11.2. The number of nitrogens with two attached hydrogens (primary N) is 1. The van der Waals surface area contributed by atoms with Crippen LogP contribution in [0.1, 0.15) is 0 Å². The van der Waals surface area contributed by atoms with Gasteiger partial charge in [0.1, 0.15) is 22.6 Å². The first-order chi connectivity index (χ1) is 14.5. The predicted molar refractivity (Wildman–Crippen MR) is 105 cm³/mol. The van der Waals surface area contributed by atoms with E-state index in [2.05, 4.69) is 19.5 Å². The third kappa shape index (κ3) is 6.80. The van der Waals surface area contributed by atoms with E-state index in [-0.39, 0.29) is 24.8 Å². The predicted octanol–water partition coefficient (Wildman–Crippen LogP) is 3.00. The van der Waals surface area contributed by atoms with E-state index >= 15 is 0 Å². The minimum Gasteiger partial charge on any atom is -0.508 e. The molecule has 3 rings (SSSR count). The molecule has 0 amide bonds. The molecule has 0 spiro atoms. The molecule has 0 radical (unpaired) electrons. The van der Waals surface area contributed by atoms with Gasteiger partial charge in [0.05, 0.1) is 12.9 Å². The van der Waals surface area contributed by atoms with Crippen LogP contribution in [-0.4, -0.2) is 55.3 Å². The highest BCUT2D eigenvalue weighted by Crippen LogP contribution is 2.43.